The zero-order valence-corrected chi connectivity index (χ0v) is 41.7. The summed E-state index contributed by atoms with van der Waals surface area (Å²) in [6.45, 7) is 4.28. The number of aryl methyl sites for hydroxylation is 1. The van der Waals surface area contributed by atoms with Gasteiger partial charge in [0.25, 0.3) is 0 Å². The van der Waals surface area contributed by atoms with E-state index in [-0.39, 0.29) is 48.1 Å². The number of ether oxygens (including phenoxy) is 2. The molecule has 0 amide bonds. The van der Waals surface area contributed by atoms with Crippen LogP contribution in [0.25, 0.3) is 10.8 Å². The van der Waals surface area contributed by atoms with Crippen LogP contribution in [0.3, 0.4) is 0 Å². The standard InChI is InChI=1S/C56H66N3O8S2/c1-5-36-12-13-37-10-6-7-11-44(37)45(36)28-47-38(14-16-49(61)53(47)66-4)23-41(22-35-18-21-58-30-35)51(63)29-52(64)46(40-24-42(27-43(60)25-40)56(57-3)19-8-9-20-56)26-39-15-17-50(62)54-48(39)31-68-69-33-55(2,65)32-59-34-67-54/h6-7,10-18,21,24-25,27,30,41,46,51,57,59-63,65H,5,8-9,19-20,22-23,26,28-29,31-34H2,1-4H3/q-1. The summed E-state index contributed by atoms with van der Waals surface area (Å²) in [5.41, 5.74) is 6.77. The highest BCUT2D eigenvalue weighted by molar-refractivity contribution is 8.76. The van der Waals surface area contributed by atoms with Gasteiger partial charge in [-0.1, -0.05) is 108 Å². The molecule has 1 aliphatic carbocycles. The Morgan fingerprint density at radius 2 is 1.68 bits per heavy atom. The van der Waals surface area contributed by atoms with E-state index in [0.29, 0.717) is 54.4 Å². The van der Waals surface area contributed by atoms with Crippen LogP contribution in [0.1, 0.15) is 102 Å². The monoisotopic (exact) mass is 972 g/mol. The number of aromatic nitrogens is 1. The number of hydrogen-bond acceptors (Lipinski definition) is 12. The van der Waals surface area contributed by atoms with Gasteiger partial charge in [-0.3, -0.25) is 10.1 Å². The van der Waals surface area contributed by atoms with Gasteiger partial charge in [-0.2, -0.15) is 12.4 Å². The molecule has 0 bridgehead atoms. The molecule has 8 rings (SSSR count). The third-order valence-corrected chi connectivity index (χ3v) is 16.9. The number of nitrogens with one attached hydrogen (secondary N) is 2. The van der Waals surface area contributed by atoms with Gasteiger partial charge in [0.1, 0.15) is 18.3 Å². The van der Waals surface area contributed by atoms with E-state index in [1.165, 1.54) is 16.4 Å². The molecular formula is C56H66N3O8S2-. The van der Waals surface area contributed by atoms with E-state index in [4.69, 9.17) is 9.47 Å². The van der Waals surface area contributed by atoms with Gasteiger partial charge < -0.3 is 45.3 Å². The Bertz CT molecular complexity index is 2720. The van der Waals surface area contributed by atoms with Crippen molar-refractivity contribution in [2.24, 2.45) is 5.92 Å². The normalized spacial score (nSPS) is 18.7. The summed E-state index contributed by atoms with van der Waals surface area (Å²) in [5, 5.41) is 66.3. The largest absolute Gasteiger partial charge is 0.670 e. The number of Topliss-reactive ketones (excluding diaryl/α,β-unsaturated/α-hetero) is 1. The summed E-state index contributed by atoms with van der Waals surface area (Å²) in [6.07, 6.45) is 8.44. The van der Waals surface area contributed by atoms with Crippen LogP contribution < -0.4 is 25.1 Å². The Morgan fingerprint density at radius 1 is 0.913 bits per heavy atom. The zero-order chi connectivity index (χ0) is 48.7. The highest BCUT2D eigenvalue weighted by Gasteiger charge is 2.37. The molecule has 0 saturated heterocycles. The van der Waals surface area contributed by atoms with Crippen LogP contribution >= 0.6 is 21.6 Å². The van der Waals surface area contributed by atoms with Crippen LogP contribution in [0.15, 0.2) is 97.3 Å². The lowest BCUT2D eigenvalue weighted by molar-refractivity contribution is -0.123. The van der Waals surface area contributed by atoms with E-state index >= 15 is 4.79 Å². The maximum absolute atomic E-state index is 15.4. The first-order chi connectivity index (χ1) is 33.3. The topological polar surface area (TPSA) is 175 Å². The fourth-order valence-corrected chi connectivity index (χ4v) is 13.2. The Balaban J connectivity index is 1.17. The second-order valence-electron chi connectivity index (χ2n) is 19.2. The van der Waals surface area contributed by atoms with E-state index in [1.807, 2.05) is 43.4 Å². The average molecular weight is 973 g/mol. The Hall–Kier alpha value is -5.15. The number of ketones is 1. The second kappa shape index (κ2) is 22.3. The molecule has 1 aromatic heterocycles. The molecule has 2 aliphatic rings. The summed E-state index contributed by atoms with van der Waals surface area (Å²) in [4.78, 5) is 19.7. The predicted octanol–water partition coefficient (Wildman–Crippen LogP) is 9.38. The molecule has 4 atom stereocenters. The minimum absolute atomic E-state index is 0.0243. The van der Waals surface area contributed by atoms with Crippen molar-refractivity contribution in [3.05, 3.63) is 147 Å². The number of carbonyl (C=O) groups excluding carboxylic acids is 1. The van der Waals surface area contributed by atoms with Crippen LogP contribution in [-0.4, -0.2) is 76.2 Å². The number of fused-ring (bicyclic) bond motifs is 2. The lowest BCUT2D eigenvalue weighted by Gasteiger charge is -2.31. The van der Waals surface area contributed by atoms with Crippen LogP contribution in [0.5, 0.6) is 28.7 Å². The molecule has 1 saturated carbocycles. The van der Waals surface area contributed by atoms with Gasteiger partial charge >= 0.3 is 0 Å². The Morgan fingerprint density at radius 3 is 2.43 bits per heavy atom. The van der Waals surface area contributed by atoms with Crippen molar-refractivity contribution < 1.29 is 39.8 Å². The number of methoxy groups -OCH3 is 1. The van der Waals surface area contributed by atoms with Crippen molar-refractivity contribution in [3.63, 3.8) is 0 Å². The van der Waals surface area contributed by atoms with E-state index < -0.39 is 23.5 Å². The zero-order valence-electron chi connectivity index (χ0n) is 40.1. The number of phenolic OH excluding ortho intramolecular Hbond substituents is 3. The van der Waals surface area contributed by atoms with Crippen LogP contribution in [-0.2, 0) is 48.2 Å². The molecule has 11 nitrogen and oxygen atoms in total. The van der Waals surface area contributed by atoms with E-state index in [9.17, 15) is 25.5 Å². The Labute approximate surface area is 413 Å². The number of nitrogens with zero attached hydrogens (tertiary/aromatic N) is 1. The molecule has 7 N–H and O–H groups in total. The lowest BCUT2D eigenvalue weighted by atomic mass is 9.79. The average Bonchev–Trinajstić information content (AvgIpc) is 4.05. The predicted molar refractivity (Wildman–Crippen MR) is 277 cm³/mol. The molecule has 2 heterocycles. The third-order valence-electron chi connectivity index (χ3n) is 14.4. The maximum Gasteiger partial charge on any atom is 0.167 e. The molecule has 0 radical (unpaired) electrons. The number of phenols is 3. The number of carbonyl (C=O) groups is 1. The molecule has 366 valence electrons. The number of aliphatic hydroxyl groups is 2. The van der Waals surface area contributed by atoms with Gasteiger partial charge in [-0.25, -0.2) is 0 Å². The van der Waals surface area contributed by atoms with Crippen molar-refractivity contribution >= 4 is 38.1 Å². The summed E-state index contributed by atoms with van der Waals surface area (Å²) in [6, 6.07) is 27.1. The van der Waals surface area contributed by atoms with Crippen LogP contribution in [0.4, 0.5) is 0 Å². The van der Waals surface area contributed by atoms with Gasteiger partial charge in [0, 0.05) is 53.5 Å². The van der Waals surface area contributed by atoms with Gasteiger partial charge in [0.2, 0.25) is 0 Å². The highest BCUT2D eigenvalue weighted by atomic mass is 33.1. The molecule has 0 spiro atoms. The number of β-amino-alcohol motifs (C(OH)–C–C–N with tert-alkyl or cyclic N) is 1. The SMILES string of the molecule is CCc1ccc2ccccc2c1Cc1c(CC(Cc2cc[n-]c2)C(O)CC(=O)C(Cc2ccc(O)c3c2CSSCC(C)(O)CNCO3)c2cc(O)cc(C3(NC)CCCC3)c2)ccc(O)c1OC. The fraction of sp³-hybridized carbons (Fsp3) is 0.411. The lowest BCUT2D eigenvalue weighted by Crippen LogP contribution is -2.41. The minimum atomic E-state index is -1.10. The molecule has 1 fully saturated rings. The number of rotatable bonds is 17. The smallest absolute Gasteiger partial charge is 0.167 e. The first-order valence-corrected chi connectivity index (χ1v) is 26.6. The van der Waals surface area contributed by atoms with Crippen LogP contribution in [0.2, 0.25) is 0 Å². The first kappa shape index (κ1) is 50.2. The van der Waals surface area contributed by atoms with E-state index in [1.54, 1.807) is 61.5 Å². The van der Waals surface area contributed by atoms with Gasteiger partial charge in [0.05, 0.1) is 18.8 Å². The molecule has 69 heavy (non-hydrogen) atoms. The molecule has 4 unspecified atom stereocenters. The second-order valence-corrected chi connectivity index (χ2v) is 21.6. The number of aromatic hydroxyl groups is 3. The molecule has 13 heteroatoms. The van der Waals surface area contributed by atoms with Gasteiger partial charge in [0.15, 0.2) is 23.0 Å². The first-order valence-electron chi connectivity index (χ1n) is 24.1. The van der Waals surface area contributed by atoms with Crippen molar-refractivity contribution in [1.82, 2.24) is 15.6 Å². The van der Waals surface area contributed by atoms with Gasteiger partial charge in [-0.15, -0.1) is 0 Å². The molecule has 6 aromatic rings. The maximum atomic E-state index is 15.4. The quantitative estimate of drug-likeness (QED) is 0.0431. The third kappa shape index (κ3) is 11.6. The van der Waals surface area contributed by atoms with Crippen molar-refractivity contribution in [3.8, 4) is 28.7 Å². The number of aliphatic hydroxyl groups excluding tert-OH is 1. The molecular weight excluding hydrogens is 907 g/mol. The highest BCUT2D eigenvalue weighted by Crippen LogP contribution is 2.44. The number of hydrogen-bond donors (Lipinski definition) is 7. The molecule has 1 aliphatic heterocycles. The summed E-state index contributed by atoms with van der Waals surface area (Å²) in [5.74, 6) is 0.230. The van der Waals surface area contributed by atoms with E-state index in [2.05, 4.69) is 46.8 Å². The summed E-state index contributed by atoms with van der Waals surface area (Å²) in [7, 11) is 6.58. The van der Waals surface area contributed by atoms with Crippen molar-refractivity contribution in [2.75, 3.05) is 33.2 Å². The molecule has 5 aromatic carbocycles. The minimum Gasteiger partial charge on any atom is -0.670 e. The van der Waals surface area contributed by atoms with Crippen molar-refractivity contribution in [2.45, 2.75) is 107 Å². The fourth-order valence-electron chi connectivity index (χ4n) is 10.6. The number of benzene rings is 5. The van der Waals surface area contributed by atoms with E-state index in [0.717, 1.165) is 81.8 Å². The van der Waals surface area contributed by atoms with Gasteiger partial charge in [-0.05, 0) is 127 Å². The summed E-state index contributed by atoms with van der Waals surface area (Å²) >= 11 is 0. The summed E-state index contributed by atoms with van der Waals surface area (Å²) < 4.78 is 12.1. The van der Waals surface area contributed by atoms with Crippen LogP contribution in [0, 0.1) is 5.92 Å². The Kier molecular flexibility index (Phi) is 16.2. The van der Waals surface area contributed by atoms with Crippen molar-refractivity contribution in [1.29, 1.82) is 0 Å².